The molecule has 0 radical (unpaired) electrons. The zero-order valence-corrected chi connectivity index (χ0v) is 12.8. The molecule has 1 unspecified atom stereocenters. The average molecular weight is 299 g/mol. The van der Waals surface area contributed by atoms with Crippen LogP contribution < -0.4 is 5.73 Å². The smallest absolute Gasteiger partial charge is 0.0490 e. The molecule has 0 saturated heterocycles. The summed E-state index contributed by atoms with van der Waals surface area (Å²) >= 11 is 6.25. The van der Waals surface area contributed by atoms with E-state index in [4.69, 9.17) is 17.3 Å². The Kier molecular flexibility index (Phi) is 4.00. The molecule has 0 bridgehead atoms. The lowest BCUT2D eigenvalue weighted by Crippen LogP contribution is -2.17. The molecule has 0 aliphatic carbocycles. The standard InChI is InChI=1S/C18H19ClN2/c1-13(20)10-14-6-7-18-15(11-14)8-9-21(18)12-16-4-2-3-5-17(16)19/h2-9,11,13H,10,12,20H2,1H3. The highest BCUT2D eigenvalue weighted by atomic mass is 35.5. The van der Waals surface area contributed by atoms with Gasteiger partial charge in [-0.3, -0.25) is 0 Å². The second-order valence-corrected chi connectivity index (χ2v) is 6.02. The molecule has 21 heavy (non-hydrogen) atoms. The van der Waals surface area contributed by atoms with Gasteiger partial charge in [-0.1, -0.05) is 35.9 Å². The zero-order chi connectivity index (χ0) is 14.8. The fraction of sp³-hybridized carbons (Fsp3) is 0.222. The summed E-state index contributed by atoms with van der Waals surface area (Å²) < 4.78 is 2.23. The van der Waals surface area contributed by atoms with E-state index < -0.39 is 0 Å². The van der Waals surface area contributed by atoms with Crippen LogP contribution in [0.25, 0.3) is 10.9 Å². The Labute approximate surface area is 130 Å². The lowest BCUT2D eigenvalue weighted by molar-refractivity contribution is 0.738. The fourth-order valence-corrected chi connectivity index (χ4v) is 2.89. The van der Waals surface area contributed by atoms with Crippen molar-refractivity contribution in [2.24, 2.45) is 5.73 Å². The summed E-state index contributed by atoms with van der Waals surface area (Å²) in [6.45, 7) is 2.82. The number of hydrogen-bond donors (Lipinski definition) is 1. The summed E-state index contributed by atoms with van der Waals surface area (Å²) in [6, 6.07) is 16.9. The molecule has 3 aromatic rings. The number of rotatable bonds is 4. The molecular formula is C18H19ClN2. The third-order valence-corrected chi connectivity index (χ3v) is 4.06. The summed E-state index contributed by atoms with van der Waals surface area (Å²) in [7, 11) is 0. The van der Waals surface area contributed by atoms with Crippen molar-refractivity contribution in [3.05, 3.63) is 70.9 Å². The van der Waals surface area contributed by atoms with E-state index in [1.807, 2.05) is 25.1 Å². The van der Waals surface area contributed by atoms with E-state index in [1.165, 1.54) is 16.5 Å². The van der Waals surface area contributed by atoms with Crippen LogP contribution in [0.1, 0.15) is 18.1 Å². The van der Waals surface area contributed by atoms with Gasteiger partial charge < -0.3 is 10.3 Å². The first kappa shape index (κ1) is 14.2. The first-order valence-corrected chi connectivity index (χ1v) is 7.58. The molecule has 1 heterocycles. The van der Waals surface area contributed by atoms with Crippen molar-refractivity contribution in [2.75, 3.05) is 0 Å². The van der Waals surface area contributed by atoms with Crippen LogP contribution in [0, 0.1) is 0 Å². The van der Waals surface area contributed by atoms with Gasteiger partial charge in [0, 0.05) is 29.3 Å². The van der Waals surface area contributed by atoms with Crippen molar-refractivity contribution in [2.45, 2.75) is 25.9 Å². The second-order valence-electron chi connectivity index (χ2n) is 5.61. The van der Waals surface area contributed by atoms with E-state index in [9.17, 15) is 0 Å². The summed E-state index contributed by atoms with van der Waals surface area (Å²) in [4.78, 5) is 0. The van der Waals surface area contributed by atoms with Crippen LogP contribution in [-0.2, 0) is 13.0 Å². The molecule has 2 nitrogen and oxygen atoms in total. The predicted octanol–water partition coefficient (Wildman–Crippen LogP) is 4.23. The fourth-order valence-electron chi connectivity index (χ4n) is 2.70. The highest BCUT2D eigenvalue weighted by molar-refractivity contribution is 6.31. The van der Waals surface area contributed by atoms with E-state index in [0.29, 0.717) is 0 Å². The lowest BCUT2D eigenvalue weighted by atomic mass is 10.1. The van der Waals surface area contributed by atoms with Crippen LogP contribution in [0.15, 0.2) is 54.7 Å². The minimum atomic E-state index is 0.188. The number of halogens is 1. The van der Waals surface area contributed by atoms with Gasteiger partial charge in [0.25, 0.3) is 0 Å². The van der Waals surface area contributed by atoms with Crippen LogP contribution in [0.5, 0.6) is 0 Å². The van der Waals surface area contributed by atoms with Gasteiger partial charge in [-0.25, -0.2) is 0 Å². The van der Waals surface area contributed by atoms with Crippen LogP contribution in [-0.4, -0.2) is 10.6 Å². The number of hydrogen-bond acceptors (Lipinski definition) is 1. The summed E-state index contributed by atoms with van der Waals surface area (Å²) in [5.74, 6) is 0. The number of nitrogens with two attached hydrogens (primary N) is 1. The van der Waals surface area contributed by atoms with Crippen molar-refractivity contribution >= 4 is 22.5 Å². The first-order valence-electron chi connectivity index (χ1n) is 7.20. The molecule has 1 aromatic heterocycles. The van der Waals surface area contributed by atoms with Gasteiger partial charge in [0.1, 0.15) is 0 Å². The summed E-state index contributed by atoms with van der Waals surface area (Å²) in [5.41, 5.74) is 9.52. The molecule has 0 aliphatic heterocycles. The summed E-state index contributed by atoms with van der Waals surface area (Å²) in [6.07, 6.45) is 3.02. The first-order chi connectivity index (χ1) is 10.1. The normalized spacial score (nSPS) is 12.7. The second kappa shape index (κ2) is 5.92. The van der Waals surface area contributed by atoms with Gasteiger partial charge in [0.15, 0.2) is 0 Å². The minimum absolute atomic E-state index is 0.188. The largest absolute Gasteiger partial charge is 0.343 e. The quantitative estimate of drug-likeness (QED) is 0.767. The van der Waals surface area contributed by atoms with E-state index in [0.717, 1.165) is 23.6 Å². The number of aromatic nitrogens is 1. The zero-order valence-electron chi connectivity index (χ0n) is 12.1. The van der Waals surface area contributed by atoms with Crippen molar-refractivity contribution < 1.29 is 0 Å². The van der Waals surface area contributed by atoms with Crippen molar-refractivity contribution in [3.63, 3.8) is 0 Å². The highest BCUT2D eigenvalue weighted by Gasteiger charge is 2.06. The van der Waals surface area contributed by atoms with Crippen LogP contribution in [0.4, 0.5) is 0 Å². The average Bonchev–Trinajstić information content (AvgIpc) is 2.83. The van der Waals surface area contributed by atoms with Crippen LogP contribution >= 0.6 is 11.6 Å². The lowest BCUT2D eigenvalue weighted by Gasteiger charge is -2.09. The van der Waals surface area contributed by atoms with Crippen molar-refractivity contribution in [1.29, 1.82) is 0 Å². The van der Waals surface area contributed by atoms with Gasteiger partial charge in [-0.2, -0.15) is 0 Å². The molecule has 2 aromatic carbocycles. The maximum absolute atomic E-state index is 6.25. The van der Waals surface area contributed by atoms with Crippen LogP contribution in [0.2, 0.25) is 5.02 Å². The molecule has 0 spiro atoms. The third kappa shape index (κ3) is 3.12. The van der Waals surface area contributed by atoms with E-state index >= 15 is 0 Å². The molecule has 0 saturated carbocycles. The van der Waals surface area contributed by atoms with Gasteiger partial charge in [-0.15, -0.1) is 0 Å². The molecule has 2 N–H and O–H groups in total. The predicted molar refractivity (Wildman–Crippen MR) is 89.8 cm³/mol. The topological polar surface area (TPSA) is 30.9 Å². The monoisotopic (exact) mass is 298 g/mol. The molecule has 1 atom stereocenters. The molecule has 108 valence electrons. The molecule has 0 amide bonds. The molecule has 3 rings (SSSR count). The number of fused-ring (bicyclic) bond motifs is 1. The van der Waals surface area contributed by atoms with Crippen molar-refractivity contribution in [1.82, 2.24) is 4.57 Å². The third-order valence-electron chi connectivity index (χ3n) is 3.69. The Hall–Kier alpha value is -1.77. The van der Waals surface area contributed by atoms with Gasteiger partial charge >= 0.3 is 0 Å². The van der Waals surface area contributed by atoms with Gasteiger partial charge in [0.05, 0.1) is 0 Å². The Morgan fingerprint density at radius 3 is 2.71 bits per heavy atom. The summed E-state index contributed by atoms with van der Waals surface area (Å²) in [5, 5.41) is 2.06. The molecule has 0 aliphatic rings. The Balaban J connectivity index is 1.92. The SMILES string of the molecule is CC(N)Cc1ccc2c(ccn2Cc2ccccc2Cl)c1. The van der Waals surface area contributed by atoms with E-state index in [2.05, 4.69) is 41.1 Å². The maximum atomic E-state index is 6.25. The highest BCUT2D eigenvalue weighted by Crippen LogP contribution is 2.22. The van der Waals surface area contributed by atoms with E-state index in [-0.39, 0.29) is 6.04 Å². The van der Waals surface area contributed by atoms with Gasteiger partial charge in [0.2, 0.25) is 0 Å². The molecule has 3 heteroatoms. The Bertz CT molecular complexity index is 759. The van der Waals surface area contributed by atoms with Gasteiger partial charge in [-0.05, 0) is 54.1 Å². The maximum Gasteiger partial charge on any atom is 0.0490 e. The number of nitrogens with zero attached hydrogens (tertiary/aromatic N) is 1. The Morgan fingerprint density at radius 2 is 1.95 bits per heavy atom. The van der Waals surface area contributed by atoms with Crippen molar-refractivity contribution in [3.8, 4) is 0 Å². The van der Waals surface area contributed by atoms with Crippen LogP contribution in [0.3, 0.4) is 0 Å². The Morgan fingerprint density at radius 1 is 1.14 bits per heavy atom. The molecular weight excluding hydrogens is 280 g/mol. The molecule has 0 fully saturated rings. The minimum Gasteiger partial charge on any atom is -0.343 e. The number of benzene rings is 2. The van der Waals surface area contributed by atoms with E-state index in [1.54, 1.807) is 0 Å².